The Kier molecular flexibility index (Phi) is 8.66. The lowest BCUT2D eigenvalue weighted by atomic mass is 9.79. The summed E-state index contributed by atoms with van der Waals surface area (Å²) in [6, 6.07) is 4.61. The molecule has 1 aliphatic carbocycles. The number of carbonyl (C=O) groups is 1. The zero-order valence-electron chi connectivity index (χ0n) is 21.8. The molecule has 1 aromatic heterocycles. The topological polar surface area (TPSA) is 65.2 Å². The summed E-state index contributed by atoms with van der Waals surface area (Å²) in [5, 5.41) is 3.01. The molecule has 6 heteroatoms. The number of benzene rings is 1. The van der Waals surface area contributed by atoms with Crippen LogP contribution in [0.2, 0.25) is 0 Å². The van der Waals surface area contributed by atoms with Crippen LogP contribution in [0.25, 0.3) is 0 Å². The van der Waals surface area contributed by atoms with Gasteiger partial charge in [-0.25, -0.2) is 0 Å². The Labute approximate surface area is 212 Å². The van der Waals surface area contributed by atoms with Crippen LogP contribution in [-0.2, 0) is 6.54 Å². The first kappa shape index (κ1) is 26.5. The van der Waals surface area contributed by atoms with Gasteiger partial charge in [0.2, 0.25) is 0 Å². The summed E-state index contributed by atoms with van der Waals surface area (Å²) >= 11 is 3.72. The van der Waals surface area contributed by atoms with Crippen molar-refractivity contribution in [3.8, 4) is 0 Å². The molecular weight excluding hydrogens is 490 g/mol. The van der Waals surface area contributed by atoms with Gasteiger partial charge in [0.1, 0.15) is 0 Å². The fourth-order valence-corrected chi connectivity index (χ4v) is 5.98. The molecule has 1 saturated carbocycles. The van der Waals surface area contributed by atoms with E-state index in [-0.39, 0.29) is 18.0 Å². The third kappa shape index (κ3) is 5.59. The molecule has 1 aliphatic rings. The fourth-order valence-electron chi connectivity index (χ4n) is 5.57. The Morgan fingerprint density at radius 1 is 1.12 bits per heavy atom. The monoisotopic (exact) mass is 529 g/mol. The summed E-state index contributed by atoms with van der Waals surface area (Å²) in [5.74, 6) is 1.41. The number of aryl methyl sites for hydroxylation is 2. The summed E-state index contributed by atoms with van der Waals surface area (Å²) < 4.78 is 0.942. The van der Waals surface area contributed by atoms with Crippen molar-refractivity contribution in [2.24, 2.45) is 11.8 Å². The molecule has 3 rings (SSSR count). The largest absolute Gasteiger partial charge is 0.369 e. The first-order valence-corrected chi connectivity index (χ1v) is 13.4. The maximum atomic E-state index is 13.4. The second-order valence-electron chi connectivity index (χ2n) is 10.2. The first-order valence-electron chi connectivity index (χ1n) is 12.6. The molecule has 1 fully saturated rings. The van der Waals surface area contributed by atoms with E-state index in [1.807, 2.05) is 26.8 Å². The van der Waals surface area contributed by atoms with Gasteiger partial charge >= 0.3 is 0 Å². The van der Waals surface area contributed by atoms with Gasteiger partial charge in [-0.1, -0.05) is 29.8 Å². The van der Waals surface area contributed by atoms with E-state index < -0.39 is 0 Å². The second kappa shape index (κ2) is 11.1. The molecule has 1 aromatic carbocycles. The van der Waals surface area contributed by atoms with Gasteiger partial charge in [-0.05, 0) is 101 Å². The number of pyridine rings is 1. The minimum atomic E-state index is -0.143. The number of hydrogen-bond acceptors (Lipinski definition) is 3. The lowest BCUT2D eigenvalue weighted by Crippen LogP contribution is -2.39. The summed E-state index contributed by atoms with van der Waals surface area (Å²) in [4.78, 5) is 31.1. The van der Waals surface area contributed by atoms with Gasteiger partial charge in [-0.15, -0.1) is 0 Å². The standard InChI is InChI=1S/C28H40BrN3O2/c1-8-32(22-11-9-21(10-12-22)16(2)3)25-14-24(29)19(6)26(20(25)7)28(34)30-15-23-17(4)13-18(5)31-27(23)33/h13-14,16,21-22H,8-12,15H2,1-7H3,(H,30,34)(H,31,33). The normalized spacial score (nSPS) is 18.3. The molecule has 1 heterocycles. The highest BCUT2D eigenvalue weighted by Crippen LogP contribution is 2.38. The summed E-state index contributed by atoms with van der Waals surface area (Å²) in [5.41, 5.74) is 5.91. The number of hydrogen-bond donors (Lipinski definition) is 2. The number of rotatable bonds is 7. The van der Waals surface area contributed by atoms with E-state index in [9.17, 15) is 9.59 Å². The molecule has 0 bridgehead atoms. The highest BCUT2D eigenvalue weighted by molar-refractivity contribution is 9.10. The first-order chi connectivity index (χ1) is 16.0. The Balaban J connectivity index is 1.87. The lowest BCUT2D eigenvalue weighted by Gasteiger charge is -2.40. The SMILES string of the molecule is CCN(c1cc(Br)c(C)c(C(=O)NCc2c(C)cc(C)[nH]c2=O)c1C)C1CCC(C(C)C)CC1. The van der Waals surface area contributed by atoms with Gasteiger partial charge in [-0.3, -0.25) is 9.59 Å². The fraction of sp³-hybridized carbons (Fsp3) is 0.571. The smallest absolute Gasteiger partial charge is 0.253 e. The highest BCUT2D eigenvalue weighted by atomic mass is 79.9. The zero-order valence-corrected chi connectivity index (χ0v) is 23.4. The van der Waals surface area contributed by atoms with Crippen molar-refractivity contribution >= 4 is 27.5 Å². The summed E-state index contributed by atoms with van der Waals surface area (Å²) in [6.07, 6.45) is 4.92. The van der Waals surface area contributed by atoms with Crippen molar-refractivity contribution in [3.05, 3.63) is 60.5 Å². The van der Waals surface area contributed by atoms with Gasteiger partial charge in [0.25, 0.3) is 11.5 Å². The Morgan fingerprint density at radius 3 is 2.32 bits per heavy atom. The van der Waals surface area contributed by atoms with E-state index in [1.54, 1.807) is 0 Å². The molecule has 5 nitrogen and oxygen atoms in total. The van der Waals surface area contributed by atoms with E-state index in [0.717, 1.165) is 50.9 Å². The maximum absolute atomic E-state index is 13.4. The molecule has 0 atom stereocenters. The van der Waals surface area contributed by atoms with Crippen molar-refractivity contribution < 1.29 is 4.79 Å². The molecule has 2 N–H and O–H groups in total. The Bertz CT molecular complexity index is 1100. The van der Waals surface area contributed by atoms with E-state index >= 15 is 0 Å². The van der Waals surface area contributed by atoms with Crippen LogP contribution in [0.3, 0.4) is 0 Å². The third-order valence-electron chi connectivity index (χ3n) is 7.68. The van der Waals surface area contributed by atoms with Crippen molar-refractivity contribution in [1.29, 1.82) is 0 Å². The minimum absolute atomic E-state index is 0.142. The van der Waals surface area contributed by atoms with Gasteiger partial charge < -0.3 is 15.2 Å². The molecular formula is C28H40BrN3O2. The quantitative estimate of drug-likeness (QED) is 0.439. The van der Waals surface area contributed by atoms with Crippen LogP contribution in [0.5, 0.6) is 0 Å². The molecule has 186 valence electrons. The van der Waals surface area contributed by atoms with Gasteiger partial charge in [-0.2, -0.15) is 0 Å². The minimum Gasteiger partial charge on any atom is -0.369 e. The number of nitrogens with one attached hydrogen (secondary N) is 2. The Hall–Kier alpha value is -2.08. The number of aromatic nitrogens is 1. The molecule has 0 unspecified atom stereocenters. The van der Waals surface area contributed by atoms with Crippen molar-refractivity contribution in [2.75, 3.05) is 11.4 Å². The van der Waals surface area contributed by atoms with Crippen molar-refractivity contribution in [1.82, 2.24) is 10.3 Å². The van der Waals surface area contributed by atoms with Crippen molar-refractivity contribution in [2.45, 2.75) is 86.7 Å². The molecule has 1 amide bonds. The number of amides is 1. The van der Waals surface area contributed by atoms with E-state index in [1.165, 1.54) is 25.7 Å². The average molecular weight is 531 g/mol. The van der Waals surface area contributed by atoms with E-state index in [0.29, 0.717) is 17.2 Å². The van der Waals surface area contributed by atoms with E-state index in [2.05, 4.69) is 64.9 Å². The maximum Gasteiger partial charge on any atom is 0.253 e. The number of halogens is 1. The van der Waals surface area contributed by atoms with Crippen LogP contribution in [-0.4, -0.2) is 23.5 Å². The molecule has 0 aliphatic heterocycles. The molecule has 34 heavy (non-hydrogen) atoms. The van der Waals surface area contributed by atoms with Gasteiger partial charge in [0.05, 0.1) is 0 Å². The van der Waals surface area contributed by atoms with Gasteiger partial charge in [0.15, 0.2) is 0 Å². The average Bonchev–Trinajstić information content (AvgIpc) is 2.77. The number of anilines is 1. The Morgan fingerprint density at radius 2 is 1.76 bits per heavy atom. The summed E-state index contributed by atoms with van der Waals surface area (Å²) in [6.45, 7) is 15.8. The molecule has 0 spiro atoms. The predicted octanol–water partition coefficient (Wildman–Crippen LogP) is 6.34. The van der Waals surface area contributed by atoms with Crippen LogP contribution in [0.1, 0.15) is 84.8 Å². The molecule has 2 aromatic rings. The number of H-pyrrole nitrogens is 1. The zero-order chi connectivity index (χ0) is 25.2. The van der Waals surface area contributed by atoms with E-state index in [4.69, 9.17) is 0 Å². The van der Waals surface area contributed by atoms with Gasteiger partial charge in [0, 0.05) is 46.1 Å². The van der Waals surface area contributed by atoms with Crippen molar-refractivity contribution in [3.63, 3.8) is 0 Å². The molecule has 0 saturated heterocycles. The van der Waals surface area contributed by atoms with Crippen LogP contribution in [0.4, 0.5) is 5.69 Å². The van der Waals surface area contributed by atoms with Crippen LogP contribution >= 0.6 is 15.9 Å². The predicted molar refractivity (Wildman–Crippen MR) is 145 cm³/mol. The number of nitrogens with zero attached hydrogens (tertiary/aromatic N) is 1. The number of aromatic amines is 1. The highest BCUT2D eigenvalue weighted by Gasteiger charge is 2.29. The van der Waals surface area contributed by atoms with Crippen LogP contribution in [0.15, 0.2) is 21.4 Å². The summed E-state index contributed by atoms with van der Waals surface area (Å²) in [7, 11) is 0. The lowest BCUT2D eigenvalue weighted by molar-refractivity contribution is 0.0949. The third-order valence-corrected chi connectivity index (χ3v) is 8.50. The van der Waals surface area contributed by atoms with Crippen LogP contribution < -0.4 is 15.8 Å². The van der Waals surface area contributed by atoms with Crippen LogP contribution in [0, 0.1) is 39.5 Å². The molecule has 0 radical (unpaired) electrons. The second-order valence-corrected chi connectivity index (χ2v) is 11.1. The number of carbonyl (C=O) groups excluding carboxylic acids is 1.